The van der Waals surface area contributed by atoms with E-state index in [4.69, 9.17) is 4.74 Å². The van der Waals surface area contributed by atoms with Gasteiger partial charge in [-0.15, -0.1) is 0 Å². The Morgan fingerprint density at radius 3 is 2.67 bits per heavy atom. The maximum atomic E-state index is 13.2. The van der Waals surface area contributed by atoms with Crippen LogP contribution in [-0.4, -0.2) is 31.1 Å². The molecule has 6 nitrogen and oxygen atoms in total. The van der Waals surface area contributed by atoms with E-state index < -0.39 is 23.8 Å². The first-order valence-electron chi connectivity index (χ1n) is 6.75. The Morgan fingerprint density at radius 1 is 1.33 bits per heavy atom. The number of halogens is 1. The van der Waals surface area contributed by atoms with E-state index in [9.17, 15) is 14.0 Å². The number of urea groups is 1. The van der Waals surface area contributed by atoms with E-state index in [-0.39, 0.29) is 0 Å². The molecule has 3 N–H and O–H groups in total. The van der Waals surface area contributed by atoms with Gasteiger partial charge in [-0.3, -0.25) is 10.1 Å². The summed E-state index contributed by atoms with van der Waals surface area (Å²) < 4.78 is 18.5. The van der Waals surface area contributed by atoms with Crippen LogP contribution in [0.4, 0.5) is 14.9 Å². The zero-order valence-electron chi connectivity index (χ0n) is 12.3. The Hall–Kier alpha value is -2.31. The Kier molecular flexibility index (Phi) is 6.45. The minimum absolute atomic E-state index is 0.315. The SMILES string of the molecule is CCNC(=O)NC(=O)[C@@H](C)Nc1ccc(F)cc1OCC. The summed E-state index contributed by atoms with van der Waals surface area (Å²) in [7, 11) is 0. The summed E-state index contributed by atoms with van der Waals surface area (Å²) in [5.74, 6) is -0.605. The lowest BCUT2D eigenvalue weighted by Gasteiger charge is -2.17. The molecule has 1 atom stereocenters. The number of ether oxygens (including phenoxy) is 1. The number of carbonyl (C=O) groups excluding carboxylic acids is 2. The first kappa shape index (κ1) is 16.7. The van der Waals surface area contributed by atoms with Gasteiger partial charge in [0.1, 0.15) is 17.6 Å². The molecule has 0 unspecified atom stereocenters. The van der Waals surface area contributed by atoms with Crippen molar-refractivity contribution in [3.8, 4) is 5.75 Å². The first-order valence-corrected chi connectivity index (χ1v) is 6.75. The van der Waals surface area contributed by atoms with Gasteiger partial charge in [0.25, 0.3) is 0 Å². The van der Waals surface area contributed by atoms with Gasteiger partial charge < -0.3 is 15.4 Å². The van der Waals surface area contributed by atoms with Gasteiger partial charge in [-0.05, 0) is 32.9 Å². The van der Waals surface area contributed by atoms with Gasteiger partial charge in [0.05, 0.1) is 12.3 Å². The number of hydrogen-bond donors (Lipinski definition) is 3. The van der Waals surface area contributed by atoms with Gasteiger partial charge in [-0.1, -0.05) is 0 Å². The van der Waals surface area contributed by atoms with Crippen LogP contribution >= 0.6 is 0 Å². The van der Waals surface area contributed by atoms with Crippen LogP contribution in [-0.2, 0) is 4.79 Å². The van der Waals surface area contributed by atoms with Crippen molar-refractivity contribution in [2.75, 3.05) is 18.5 Å². The summed E-state index contributed by atoms with van der Waals surface area (Å²) >= 11 is 0. The molecule has 1 rings (SSSR count). The molecular formula is C14H20FN3O3. The van der Waals surface area contributed by atoms with Gasteiger partial charge in [0.2, 0.25) is 5.91 Å². The summed E-state index contributed by atoms with van der Waals surface area (Å²) in [6.45, 7) is 5.91. The number of hydrogen-bond acceptors (Lipinski definition) is 4. The van der Waals surface area contributed by atoms with Crippen molar-refractivity contribution in [3.05, 3.63) is 24.0 Å². The minimum atomic E-state index is -0.683. The van der Waals surface area contributed by atoms with Crippen LogP contribution in [0.25, 0.3) is 0 Å². The number of amides is 3. The third-order valence-electron chi connectivity index (χ3n) is 2.58. The maximum absolute atomic E-state index is 13.2. The largest absolute Gasteiger partial charge is 0.492 e. The van der Waals surface area contributed by atoms with Crippen LogP contribution in [0.15, 0.2) is 18.2 Å². The number of nitrogens with one attached hydrogen (secondary N) is 3. The zero-order valence-corrected chi connectivity index (χ0v) is 12.3. The summed E-state index contributed by atoms with van der Waals surface area (Å²) in [6, 6.07) is 2.74. The first-order chi connectivity index (χ1) is 9.97. The lowest BCUT2D eigenvalue weighted by Crippen LogP contribution is -2.45. The van der Waals surface area contributed by atoms with E-state index in [0.717, 1.165) is 0 Å². The second kappa shape index (κ2) is 8.08. The van der Waals surface area contributed by atoms with Gasteiger partial charge in [0, 0.05) is 12.6 Å². The predicted molar refractivity (Wildman–Crippen MR) is 77.9 cm³/mol. The van der Waals surface area contributed by atoms with Gasteiger partial charge in [-0.2, -0.15) is 0 Å². The molecule has 0 heterocycles. The number of benzene rings is 1. The molecule has 0 fully saturated rings. The minimum Gasteiger partial charge on any atom is -0.492 e. The van der Waals surface area contributed by atoms with Crippen LogP contribution in [0.5, 0.6) is 5.75 Å². The molecule has 7 heteroatoms. The fourth-order valence-electron chi connectivity index (χ4n) is 1.61. The summed E-state index contributed by atoms with van der Waals surface area (Å²) in [5.41, 5.74) is 0.483. The fraction of sp³-hybridized carbons (Fsp3) is 0.429. The summed E-state index contributed by atoms with van der Waals surface area (Å²) in [5, 5.41) is 7.54. The maximum Gasteiger partial charge on any atom is 0.321 e. The number of anilines is 1. The smallest absolute Gasteiger partial charge is 0.321 e. The predicted octanol–water partition coefficient (Wildman–Crippen LogP) is 1.87. The Bertz CT molecular complexity index is 508. The van der Waals surface area contributed by atoms with E-state index >= 15 is 0 Å². The van der Waals surface area contributed by atoms with Crippen molar-refractivity contribution in [3.63, 3.8) is 0 Å². The van der Waals surface area contributed by atoms with Crippen molar-refractivity contribution in [1.82, 2.24) is 10.6 Å². The molecule has 0 bridgehead atoms. The molecule has 3 amide bonds. The molecule has 21 heavy (non-hydrogen) atoms. The van der Waals surface area contributed by atoms with E-state index in [2.05, 4.69) is 16.0 Å². The van der Waals surface area contributed by atoms with Crippen LogP contribution < -0.4 is 20.7 Å². The van der Waals surface area contributed by atoms with Crippen molar-refractivity contribution in [2.45, 2.75) is 26.8 Å². The van der Waals surface area contributed by atoms with Gasteiger partial charge in [0.15, 0.2) is 0 Å². The van der Waals surface area contributed by atoms with Gasteiger partial charge >= 0.3 is 6.03 Å². The zero-order chi connectivity index (χ0) is 15.8. The lowest BCUT2D eigenvalue weighted by molar-refractivity contribution is -0.120. The van der Waals surface area contributed by atoms with Crippen LogP contribution in [0.3, 0.4) is 0 Å². The average Bonchev–Trinajstić information content (AvgIpc) is 2.42. The third-order valence-corrected chi connectivity index (χ3v) is 2.58. The molecule has 0 aliphatic heterocycles. The monoisotopic (exact) mass is 297 g/mol. The molecule has 1 aromatic carbocycles. The topological polar surface area (TPSA) is 79.5 Å². The second-order valence-electron chi connectivity index (χ2n) is 4.29. The highest BCUT2D eigenvalue weighted by molar-refractivity contribution is 5.98. The standard InChI is InChI=1S/C14H20FN3O3/c1-4-16-14(20)18-13(19)9(3)17-11-7-6-10(15)8-12(11)21-5-2/h6-9,17H,4-5H2,1-3H3,(H2,16,18,19,20)/t9-/m1/s1. The Labute approximate surface area is 123 Å². The van der Waals surface area contributed by atoms with Crippen molar-refractivity contribution >= 4 is 17.6 Å². The van der Waals surface area contributed by atoms with E-state index in [0.29, 0.717) is 24.6 Å². The number of imide groups is 1. The number of carbonyl (C=O) groups is 2. The van der Waals surface area contributed by atoms with Crippen molar-refractivity contribution in [1.29, 1.82) is 0 Å². The molecule has 0 saturated carbocycles. The van der Waals surface area contributed by atoms with Gasteiger partial charge in [-0.25, -0.2) is 9.18 Å². The Balaban J connectivity index is 2.71. The summed E-state index contributed by atoms with van der Waals surface area (Å²) in [4.78, 5) is 23.1. The molecule has 1 aromatic rings. The van der Waals surface area contributed by atoms with Crippen LogP contribution in [0.2, 0.25) is 0 Å². The summed E-state index contributed by atoms with van der Waals surface area (Å²) in [6.07, 6.45) is 0. The molecule has 0 radical (unpaired) electrons. The van der Waals surface area contributed by atoms with Crippen molar-refractivity contribution in [2.24, 2.45) is 0 Å². The fourth-order valence-corrected chi connectivity index (χ4v) is 1.61. The van der Waals surface area contributed by atoms with E-state index in [1.165, 1.54) is 18.2 Å². The Morgan fingerprint density at radius 2 is 2.05 bits per heavy atom. The van der Waals surface area contributed by atoms with Crippen LogP contribution in [0, 0.1) is 5.82 Å². The highest BCUT2D eigenvalue weighted by Crippen LogP contribution is 2.26. The molecule has 0 aromatic heterocycles. The third kappa shape index (κ3) is 5.29. The quantitative estimate of drug-likeness (QED) is 0.749. The van der Waals surface area contributed by atoms with E-state index in [1.54, 1.807) is 20.8 Å². The molecule has 0 aliphatic carbocycles. The molecule has 0 saturated heterocycles. The molecule has 0 aliphatic rings. The molecule has 0 spiro atoms. The average molecular weight is 297 g/mol. The number of rotatable bonds is 6. The normalized spacial score (nSPS) is 11.4. The molecule has 116 valence electrons. The highest BCUT2D eigenvalue weighted by atomic mass is 19.1. The molecular weight excluding hydrogens is 277 g/mol. The lowest BCUT2D eigenvalue weighted by atomic mass is 10.2. The van der Waals surface area contributed by atoms with Crippen LogP contribution in [0.1, 0.15) is 20.8 Å². The van der Waals surface area contributed by atoms with E-state index in [1.807, 2.05) is 0 Å². The highest BCUT2D eigenvalue weighted by Gasteiger charge is 2.17. The van der Waals surface area contributed by atoms with Crippen molar-refractivity contribution < 1.29 is 18.7 Å². The second-order valence-corrected chi connectivity index (χ2v) is 4.29.